The monoisotopic (exact) mass is 428 g/mol. The summed E-state index contributed by atoms with van der Waals surface area (Å²) in [6.07, 6.45) is 0.965. The van der Waals surface area contributed by atoms with Crippen molar-refractivity contribution in [1.29, 1.82) is 0 Å². The standard InChI is InChI=1S/C22H24N2O3S2/c1-4-17-7-9-18(10-8-17)15-23-22(25)21-20(13-14-28-21)24(3)29(26,27)19-11-5-16(2)6-12-19/h5-14H,4,15H2,1-3H3,(H,23,25). The Labute approximate surface area is 176 Å². The van der Waals surface area contributed by atoms with Crippen LogP contribution in [0.15, 0.2) is 64.9 Å². The average molecular weight is 429 g/mol. The summed E-state index contributed by atoms with van der Waals surface area (Å²) in [7, 11) is -2.28. The molecule has 0 aliphatic rings. The van der Waals surface area contributed by atoms with Gasteiger partial charge >= 0.3 is 0 Å². The molecule has 29 heavy (non-hydrogen) atoms. The van der Waals surface area contributed by atoms with E-state index in [1.165, 1.54) is 28.3 Å². The van der Waals surface area contributed by atoms with Gasteiger partial charge in [-0.05, 0) is 48.1 Å². The zero-order chi connectivity index (χ0) is 21.0. The minimum atomic E-state index is -3.75. The fraction of sp³-hybridized carbons (Fsp3) is 0.227. The van der Waals surface area contributed by atoms with Gasteiger partial charge in [0.05, 0.1) is 10.6 Å². The van der Waals surface area contributed by atoms with Gasteiger partial charge in [-0.15, -0.1) is 11.3 Å². The van der Waals surface area contributed by atoms with Crippen LogP contribution in [0, 0.1) is 6.92 Å². The van der Waals surface area contributed by atoms with Crippen LogP contribution in [0.5, 0.6) is 0 Å². The van der Waals surface area contributed by atoms with Gasteiger partial charge in [-0.2, -0.15) is 0 Å². The number of amides is 1. The molecule has 0 radical (unpaired) electrons. The highest BCUT2D eigenvalue weighted by molar-refractivity contribution is 7.92. The summed E-state index contributed by atoms with van der Waals surface area (Å²) in [4.78, 5) is 13.3. The molecule has 3 aromatic rings. The van der Waals surface area contributed by atoms with Crippen molar-refractivity contribution in [2.75, 3.05) is 11.4 Å². The van der Waals surface area contributed by atoms with E-state index in [9.17, 15) is 13.2 Å². The molecule has 0 saturated heterocycles. The van der Waals surface area contributed by atoms with Crippen molar-refractivity contribution in [3.8, 4) is 0 Å². The summed E-state index contributed by atoms with van der Waals surface area (Å²) >= 11 is 1.22. The van der Waals surface area contributed by atoms with Crippen LogP contribution in [0.25, 0.3) is 0 Å². The lowest BCUT2D eigenvalue weighted by molar-refractivity contribution is 0.0955. The summed E-state index contributed by atoms with van der Waals surface area (Å²) in [5, 5.41) is 4.61. The van der Waals surface area contributed by atoms with Crippen LogP contribution < -0.4 is 9.62 Å². The predicted octanol–water partition coefficient (Wildman–Crippen LogP) is 4.37. The van der Waals surface area contributed by atoms with Gasteiger partial charge in [0.1, 0.15) is 4.88 Å². The van der Waals surface area contributed by atoms with E-state index >= 15 is 0 Å². The molecule has 3 rings (SSSR count). The van der Waals surface area contributed by atoms with Gasteiger partial charge < -0.3 is 5.32 Å². The van der Waals surface area contributed by atoms with Crippen molar-refractivity contribution in [1.82, 2.24) is 5.32 Å². The van der Waals surface area contributed by atoms with Crippen molar-refractivity contribution >= 4 is 33.0 Å². The summed E-state index contributed by atoms with van der Waals surface area (Å²) in [5.41, 5.74) is 3.58. The normalized spacial score (nSPS) is 11.3. The van der Waals surface area contributed by atoms with Crippen LogP contribution in [-0.4, -0.2) is 21.4 Å². The highest BCUT2D eigenvalue weighted by Crippen LogP contribution is 2.30. The van der Waals surface area contributed by atoms with Gasteiger partial charge in [-0.3, -0.25) is 9.10 Å². The summed E-state index contributed by atoms with van der Waals surface area (Å²) in [6.45, 7) is 4.38. The molecule has 0 aliphatic heterocycles. The molecular formula is C22H24N2O3S2. The smallest absolute Gasteiger partial charge is 0.264 e. The molecular weight excluding hydrogens is 404 g/mol. The largest absolute Gasteiger partial charge is 0.347 e. The van der Waals surface area contributed by atoms with Crippen LogP contribution in [-0.2, 0) is 23.0 Å². The van der Waals surface area contributed by atoms with Crippen molar-refractivity contribution in [3.05, 3.63) is 81.5 Å². The maximum Gasteiger partial charge on any atom is 0.264 e. The zero-order valence-electron chi connectivity index (χ0n) is 16.7. The van der Waals surface area contributed by atoms with Gasteiger partial charge in [0.15, 0.2) is 0 Å². The third kappa shape index (κ3) is 4.68. The second kappa shape index (κ2) is 8.80. The first kappa shape index (κ1) is 21.1. The highest BCUT2D eigenvalue weighted by atomic mass is 32.2. The molecule has 0 aliphatic carbocycles. The molecule has 0 bridgehead atoms. The molecule has 1 N–H and O–H groups in total. The molecule has 152 valence electrons. The molecule has 1 aromatic heterocycles. The number of thiophene rings is 1. The highest BCUT2D eigenvalue weighted by Gasteiger charge is 2.26. The molecule has 0 atom stereocenters. The lowest BCUT2D eigenvalue weighted by Gasteiger charge is -2.20. The first-order valence-corrected chi connectivity index (χ1v) is 11.6. The molecule has 1 amide bonds. The average Bonchev–Trinajstić information content (AvgIpc) is 3.22. The molecule has 7 heteroatoms. The van der Waals surface area contributed by atoms with E-state index in [-0.39, 0.29) is 10.8 Å². The van der Waals surface area contributed by atoms with Crippen molar-refractivity contribution in [3.63, 3.8) is 0 Å². The van der Waals surface area contributed by atoms with E-state index in [1.54, 1.807) is 35.7 Å². The minimum absolute atomic E-state index is 0.194. The predicted molar refractivity (Wildman–Crippen MR) is 118 cm³/mol. The number of hydrogen-bond donors (Lipinski definition) is 1. The molecule has 0 spiro atoms. The number of anilines is 1. The van der Waals surface area contributed by atoms with Crippen LogP contribution in [0.3, 0.4) is 0 Å². The minimum Gasteiger partial charge on any atom is -0.347 e. The Balaban J connectivity index is 1.76. The summed E-state index contributed by atoms with van der Waals surface area (Å²) in [6, 6.07) is 16.4. The Bertz CT molecular complexity index is 1090. The van der Waals surface area contributed by atoms with Gasteiger partial charge in [-0.25, -0.2) is 8.42 Å². The second-order valence-corrected chi connectivity index (χ2v) is 9.66. The van der Waals surface area contributed by atoms with Crippen molar-refractivity contribution in [2.24, 2.45) is 0 Å². The van der Waals surface area contributed by atoms with Gasteiger partial charge in [0.2, 0.25) is 0 Å². The maximum absolute atomic E-state index is 13.0. The van der Waals surface area contributed by atoms with Crippen molar-refractivity contribution < 1.29 is 13.2 Å². The van der Waals surface area contributed by atoms with E-state index in [0.29, 0.717) is 17.1 Å². The summed E-state index contributed by atoms with van der Waals surface area (Å²) in [5.74, 6) is -0.291. The van der Waals surface area contributed by atoms with Crippen LogP contribution in [0.2, 0.25) is 0 Å². The van der Waals surface area contributed by atoms with Crippen LogP contribution in [0.1, 0.15) is 33.3 Å². The Morgan fingerprint density at radius 2 is 1.62 bits per heavy atom. The SMILES string of the molecule is CCc1ccc(CNC(=O)c2sccc2N(C)S(=O)(=O)c2ccc(C)cc2)cc1. The Morgan fingerprint density at radius 1 is 1.00 bits per heavy atom. The number of sulfonamides is 1. The van der Waals surface area contributed by atoms with E-state index < -0.39 is 10.0 Å². The first-order valence-electron chi connectivity index (χ1n) is 9.32. The Kier molecular flexibility index (Phi) is 6.39. The lowest BCUT2D eigenvalue weighted by atomic mass is 10.1. The van der Waals surface area contributed by atoms with Crippen LogP contribution >= 0.6 is 11.3 Å². The number of nitrogens with zero attached hydrogens (tertiary/aromatic N) is 1. The number of aryl methyl sites for hydroxylation is 2. The van der Waals surface area contributed by atoms with Crippen molar-refractivity contribution in [2.45, 2.75) is 31.7 Å². The van der Waals surface area contributed by atoms with E-state index in [0.717, 1.165) is 17.5 Å². The van der Waals surface area contributed by atoms with Crippen LogP contribution in [0.4, 0.5) is 5.69 Å². The Morgan fingerprint density at radius 3 is 2.24 bits per heavy atom. The molecule has 0 fully saturated rings. The second-order valence-electron chi connectivity index (χ2n) is 6.77. The number of hydrogen-bond acceptors (Lipinski definition) is 4. The van der Waals surface area contributed by atoms with Gasteiger partial charge in [0, 0.05) is 13.6 Å². The maximum atomic E-state index is 13.0. The molecule has 0 saturated carbocycles. The van der Waals surface area contributed by atoms with E-state index in [1.807, 2.05) is 31.2 Å². The Hall–Kier alpha value is -2.64. The quantitative estimate of drug-likeness (QED) is 0.607. The lowest BCUT2D eigenvalue weighted by Crippen LogP contribution is -2.29. The number of rotatable bonds is 7. The zero-order valence-corrected chi connectivity index (χ0v) is 18.3. The number of nitrogens with one attached hydrogen (secondary N) is 1. The third-order valence-corrected chi connectivity index (χ3v) is 7.44. The molecule has 1 heterocycles. The van der Waals surface area contributed by atoms with E-state index in [4.69, 9.17) is 0 Å². The number of benzene rings is 2. The number of carbonyl (C=O) groups is 1. The first-order chi connectivity index (χ1) is 13.8. The fourth-order valence-electron chi connectivity index (χ4n) is 2.87. The van der Waals surface area contributed by atoms with Gasteiger partial charge in [0.25, 0.3) is 15.9 Å². The third-order valence-electron chi connectivity index (χ3n) is 4.75. The number of carbonyl (C=O) groups excluding carboxylic acids is 1. The van der Waals surface area contributed by atoms with Gasteiger partial charge in [-0.1, -0.05) is 48.9 Å². The topological polar surface area (TPSA) is 66.5 Å². The molecule has 2 aromatic carbocycles. The fourth-order valence-corrected chi connectivity index (χ4v) is 4.98. The summed E-state index contributed by atoms with van der Waals surface area (Å²) < 4.78 is 27.1. The molecule has 5 nitrogen and oxygen atoms in total. The molecule has 0 unspecified atom stereocenters. The van der Waals surface area contributed by atoms with E-state index in [2.05, 4.69) is 12.2 Å².